The largest absolute Gasteiger partial charge is 0.444 e. The fourth-order valence-corrected chi connectivity index (χ4v) is 2.43. The fraction of sp³-hybridized carbons (Fsp3) is 0.824. The molecule has 0 saturated heterocycles. The van der Waals surface area contributed by atoms with Crippen LogP contribution in [0.4, 0.5) is 4.79 Å². The van der Waals surface area contributed by atoms with Crippen LogP contribution in [0.15, 0.2) is 12.2 Å². The molecule has 0 fully saturated rings. The Morgan fingerprint density at radius 3 is 2.62 bits per heavy atom. The Morgan fingerprint density at radius 1 is 1.38 bits per heavy atom. The number of nitrogens with one attached hydrogen (secondary N) is 1. The number of allylic oxidation sites excluding steroid dienone is 2. The summed E-state index contributed by atoms with van der Waals surface area (Å²) in [5.41, 5.74) is -0.438. The third-order valence-corrected chi connectivity index (χ3v) is 3.59. The molecule has 0 bridgehead atoms. The van der Waals surface area contributed by atoms with Gasteiger partial charge in [-0.3, -0.25) is 0 Å². The third-order valence-electron chi connectivity index (χ3n) is 3.59. The van der Waals surface area contributed by atoms with Crippen molar-refractivity contribution < 1.29 is 9.53 Å². The molecule has 21 heavy (non-hydrogen) atoms. The third kappa shape index (κ3) is 7.51. The normalized spacial score (nSPS) is 18.9. The molecule has 0 radical (unpaired) electrons. The molecule has 0 aromatic heterocycles. The lowest BCUT2D eigenvalue weighted by Gasteiger charge is -2.30. The Bertz CT molecular complexity index is 345. The molecular formula is C17H32N2O2. The van der Waals surface area contributed by atoms with Crippen molar-refractivity contribution in [2.45, 2.75) is 65.5 Å². The van der Waals surface area contributed by atoms with Crippen LogP contribution in [0.1, 0.15) is 53.9 Å². The predicted molar refractivity (Wildman–Crippen MR) is 87.4 cm³/mol. The molecule has 1 rings (SSSR count). The minimum atomic E-state index is -0.438. The van der Waals surface area contributed by atoms with Crippen LogP contribution < -0.4 is 5.32 Å². The zero-order chi connectivity index (χ0) is 15.9. The number of nitrogens with zero attached hydrogens (tertiary/aromatic N) is 1. The van der Waals surface area contributed by atoms with Gasteiger partial charge in [0.05, 0.1) is 0 Å². The van der Waals surface area contributed by atoms with Crippen molar-refractivity contribution in [2.24, 2.45) is 5.92 Å². The first kappa shape index (κ1) is 18.0. The molecule has 0 spiro atoms. The molecule has 0 aromatic rings. The topological polar surface area (TPSA) is 41.6 Å². The number of hydrogen-bond acceptors (Lipinski definition) is 3. The van der Waals surface area contributed by atoms with Gasteiger partial charge < -0.3 is 15.0 Å². The number of rotatable bonds is 6. The van der Waals surface area contributed by atoms with Crippen molar-refractivity contribution in [3.8, 4) is 0 Å². The van der Waals surface area contributed by atoms with Crippen LogP contribution in [-0.4, -0.2) is 42.3 Å². The van der Waals surface area contributed by atoms with Crippen molar-refractivity contribution in [1.82, 2.24) is 10.2 Å². The van der Waals surface area contributed by atoms with E-state index >= 15 is 0 Å². The maximum atomic E-state index is 12.2. The van der Waals surface area contributed by atoms with E-state index in [1.165, 1.54) is 19.3 Å². The van der Waals surface area contributed by atoms with Crippen LogP contribution >= 0.6 is 0 Å². The quantitative estimate of drug-likeness (QED) is 0.602. The van der Waals surface area contributed by atoms with E-state index in [9.17, 15) is 4.79 Å². The van der Waals surface area contributed by atoms with Crippen molar-refractivity contribution in [3.63, 3.8) is 0 Å². The van der Waals surface area contributed by atoms with E-state index in [1.807, 2.05) is 34.6 Å². The maximum Gasteiger partial charge on any atom is 0.410 e. The minimum Gasteiger partial charge on any atom is -0.444 e. The molecule has 1 amide bonds. The number of carbonyl (C=O) groups is 1. The molecule has 1 atom stereocenters. The number of hydrogen-bond donors (Lipinski definition) is 1. The van der Waals surface area contributed by atoms with E-state index < -0.39 is 5.60 Å². The molecule has 0 saturated carbocycles. The van der Waals surface area contributed by atoms with Crippen molar-refractivity contribution in [2.75, 3.05) is 19.6 Å². The zero-order valence-corrected chi connectivity index (χ0v) is 14.3. The van der Waals surface area contributed by atoms with E-state index in [0.717, 1.165) is 19.0 Å². The SMILES string of the molecule is CC(C)N(CCNCC1CC=CCC1)C(=O)OC(C)(C)C. The summed E-state index contributed by atoms with van der Waals surface area (Å²) in [7, 11) is 0. The van der Waals surface area contributed by atoms with Gasteiger partial charge in [0, 0.05) is 19.1 Å². The van der Waals surface area contributed by atoms with Gasteiger partial charge in [-0.2, -0.15) is 0 Å². The van der Waals surface area contributed by atoms with Gasteiger partial charge in [-0.25, -0.2) is 4.79 Å². The minimum absolute atomic E-state index is 0.152. The Hall–Kier alpha value is -1.03. The molecule has 0 heterocycles. The van der Waals surface area contributed by atoms with E-state index in [0.29, 0.717) is 6.54 Å². The molecule has 122 valence electrons. The van der Waals surface area contributed by atoms with E-state index in [-0.39, 0.29) is 12.1 Å². The molecule has 0 aromatic carbocycles. The standard InChI is InChI=1S/C17H32N2O2/c1-14(2)19(16(20)21-17(3,4)5)12-11-18-13-15-9-7-6-8-10-15/h6-7,14-15,18H,8-13H2,1-5H3. The van der Waals surface area contributed by atoms with E-state index in [2.05, 4.69) is 17.5 Å². The summed E-state index contributed by atoms with van der Waals surface area (Å²) < 4.78 is 5.46. The Labute approximate surface area is 129 Å². The lowest BCUT2D eigenvalue weighted by molar-refractivity contribution is 0.0193. The molecular weight excluding hydrogens is 264 g/mol. The summed E-state index contributed by atoms with van der Waals surface area (Å²) in [6.07, 6.45) is 7.95. The van der Waals surface area contributed by atoms with Gasteiger partial charge in [-0.15, -0.1) is 0 Å². The molecule has 1 unspecified atom stereocenters. The highest BCUT2D eigenvalue weighted by atomic mass is 16.6. The first-order chi connectivity index (χ1) is 9.79. The summed E-state index contributed by atoms with van der Waals surface area (Å²) in [5.74, 6) is 0.740. The van der Waals surface area contributed by atoms with Gasteiger partial charge in [0.2, 0.25) is 0 Å². The Kier molecular flexibility index (Phi) is 7.23. The van der Waals surface area contributed by atoms with Gasteiger partial charge in [0.1, 0.15) is 5.60 Å². The van der Waals surface area contributed by atoms with E-state index in [4.69, 9.17) is 4.74 Å². The van der Waals surface area contributed by atoms with Crippen LogP contribution in [0.3, 0.4) is 0 Å². The smallest absolute Gasteiger partial charge is 0.410 e. The van der Waals surface area contributed by atoms with Gasteiger partial charge >= 0.3 is 6.09 Å². The first-order valence-corrected chi connectivity index (χ1v) is 8.15. The highest BCUT2D eigenvalue weighted by molar-refractivity contribution is 5.68. The van der Waals surface area contributed by atoms with Gasteiger partial charge in [0.25, 0.3) is 0 Å². The van der Waals surface area contributed by atoms with Crippen LogP contribution in [-0.2, 0) is 4.74 Å². The monoisotopic (exact) mass is 296 g/mol. The average Bonchev–Trinajstić information content (AvgIpc) is 2.37. The second-order valence-corrected chi connectivity index (χ2v) is 7.12. The van der Waals surface area contributed by atoms with Crippen LogP contribution in [0.25, 0.3) is 0 Å². The number of carbonyl (C=O) groups excluding carboxylic acids is 1. The van der Waals surface area contributed by atoms with Gasteiger partial charge in [0.15, 0.2) is 0 Å². The highest BCUT2D eigenvalue weighted by Gasteiger charge is 2.23. The van der Waals surface area contributed by atoms with Crippen molar-refractivity contribution >= 4 is 6.09 Å². The number of amides is 1. The van der Waals surface area contributed by atoms with Crippen LogP contribution in [0.2, 0.25) is 0 Å². The summed E-state index contributed by atoms with van der Waals surface area (Å²) in [6.45, 7) is 12.3. The fourth-order valence-electron chi connectivity index (χ4n) is 2.43. The summed E-state index contributed by atoms with van der Waals surface area (Å²) >= 11 is 0. The number of ether oxygens (including phenoxy) is 1. The lowest BCUT2D eigenvalue weighted by atomic mass is 9.94. The second kappa shape index (κ2) is 8.42. The van der Waals surface area contributed by atoms with Crippen molar-refractivity contribution in [3.05, 3.63) is 12.2 Å². The van der Waals surface area contributed by atoms with Crippen molar-refractivity contribution in [1.29, 1.82) is 0 Å². The first-order valence-electron chi connectivity index (χ1n) is 8.15. The Balaban J connectivity index is 2.30. The molecule has 1 aliphatic rings. The van der Waals surface area contributed by atoms with Gasteiger partial charge in [-0.1, -0.05) is 12.2 Å². The highest BCUT2D eigenvalue weighted by Crippen LogP contribution is 2.17. The molecule has 4 nitrogen and oxygen atoms in total. The molecule has 1 N–H and O–H groups in total. The molecule has 1 aliphatic carbocycles. The van der Waals surface area contributed by atoms with Gasteiger partial charge in [-0.05, 0) is 66.3 Å². The summed E-state index contributed by atoms with van der Waals surface area (Å²) in [5, 5.41) is 3.47. The second-order valence-electron chi connectivity index (χ2n) is 7.12. The molecule has 4 heteroatoms. The lowest BCUT2D eigenvalue weighted by Crippen LogP contribution is -2.44. The van der Waals surface area contributed by atoms with Crippen LogP contribution in [0.5, 0.6) is 0 Å². The average molecular weight is 296 g/mol. The van der Waals surface area contributed by atoms with E-state index in [1.54, 1.807) is 4.90 Å². The zero-order valence-electron chi connectivity index (χ0n) is 14.3. The summed E-state index contributed by atoms with van der Waals surface area (Å²) in [4.78, 5) is 14.0. The van der Waals surface area contributed by atoms with Crippen LogP contribution in [0, 0.1) is 5.92 Å². The predicted octanol–water partition coefficient (Wildman–Crippen LogP) is 3.58. The molecule has 0 aliphatic heterocycles. The summed E-state index contributed by atoms with van der Waals surface area (Å²) in [6, 6.07) is 0.152. The maximum absolute atomic E-state index is 12.2. The Morgan fingerprint density at radius 2 is 2.10 bits per heavy atom.